The molecule has 0 fully saturated rings. The molecule has 76 valence electrons. The van der Waals surface area contributed by atoms with Gasteiger partial charge in [0.1, 0.15) is 5.75 Å². The van der Waals surface area contributed by atoms with E-state index >= 15 is 0 Å². The standard InChI is InChI=1S/C13H18O/c1-5-10-13(2,3)11-6-8-12(14-4)9-7-11/h5-9H,1,10H2,2-4H3. The van der Waals surface area contributed by atoms with E-state index in [0.29, 0.717) is 0 Å². The highest BCUT2D eigenvalue weighted by atomic mass is 16.5. The highest BCUT2D eigenvalue weighted by molar-refractivity contribution is 5.31. The fourth-order valence-corrected chi connectivity index (χ4v) is 1.52. The van der Waals surface area contributed by atoms with Gasteiger partial charge >= 0.3 is 0 Å². The van der Waals surface area contributed by atoms with Crippen molar-refractivity contribution >= 4 is 0 Å². The summed E-state index contributed by atoms with van der Waals surface area (Å²) in [4.78, 5) is 0. The Labute approximate surface area is 86.4 Å². The van der Waals surface area contributed by atoms with Gasteiger partial charge in [0.15, 0.2) is 0 Å². The predicted octanol–water partition coefficient (Wildman–Crippen LogP) is 3.55. The summed E-state index contributed by atoms with van der Waals surface area (Å²) in [6.07, 6.45) is 2.95. The van der Waals surface area contributed by atoms with E-state index in [9.17, 15) is 0 Å². The first kappa shape index (κ1) is 10.8. The van der Waals surface area contributed by atoms with Crippen LogP contribution in [0.25, 0.3) is 0 Å². The summed E-state index contributed by atoms with van der Waals surface area (Å²) in [5.74, 6) is 0.906. The van der Waals surface area contributed by atoms with Crippen LogP contribution >= 0.6 is 0 Å². The van der Waals surface area contributed by atoms with Crippen LogP contribution in [0.2, 0.25) is 0 Å². The van der Waals surface area contributed by atoms with Gasteiger partial charge in [-0.15, -0.1) is 6.58 Å². The molecule has 0 saturated carbocycles. The van der Waals surface area contributed by atoms with Crippen LogP contribution < -0.4 is 4.74 Å². The minimum Gasteiger partial charge on any atom is -0.497 e. The minimum atomic E-state index is 0.161. The van der Waals surface area contributed by atoms with E-state index in [1.54, 1.807) is 7.11 Å². The number of hydrogen-bond acceptors (Lipinski definition) is 1. The minimum absolute atomic E-state index is 0.161. The van der Waals surface area contributed by atoms with Crippen molar-refractivity contribution in [1.82, 2.24) is 0 Å². The molecule has 0 unspecified atom stereocenters. The third-order valence-corrected chi connectivity index (χ3v) is 2.53. The van der Waals surface area contributed by atoms with Gasteiger partial charge in [-0.2, -0.15) is 0 Å². The van der Waals surface area contributed by atoms with Crippen LogP contribution in [-0.2, 0) is 5.41 Å². The molecule has 0 amide bonds. The Bertz CT molecular complexity index is 296. The van der Waals surface area contributed by atoms with Crippen LogP contribution in [0.1, 0.15) is 25.8 Å². The zero-order valence-electron chi connectivity index (χ0n) is 9.21. The Morgan fingerprint density at radius 2 is 1.86 bits per heavy atom. The molecule has 14 heavy (non-hydrogen) atoms. The molecule has 1 nitrogen and oxygen atoms in total. The van der Waals surface area contributed by atoms with Crippen LogP contribution in [0.5, 0.6) is 5.75 Å². The van der Waals surface area contributed by atoms with E-state index < -0.39 is 0 Å². The highest BCUT2D eigenvalue weighted by Gasteiger charge is 2.18. The summed E-state index contributed by atoms with van der Waals surface area (Å²) < 4.78 is 5.12. The summed E-state index contributed by atoms with van der Waals surface area (Å²) in [6, 6.07) is 8.23. The van der Waals surface area contributed by atoms with Crippen molar-refractivity contribution in [2.45, 2.75) is 25.7 Å². The second-order valence-electron chi connectivity index (χ2n) is 4.11. The van der Waals surface area contributed by atoms with Crippen molar-refractivity contribution in [1.29, 1.82) is 0 Å². The molecular weight excluding hydrogens is 172 g/mol. The van der Waals surface area contributed by atoms with Crippen molar-refractivity contribution in [2.75, 3.05) is 7.11 Å². The van der Waals surface area contributed by atoms with Crippen molar-refractivity contribution in [2.24, 2.45) is 0 Å². The van der Waals surface area contributed by atoms with Crippen LogP contribution in [0, 0.1) is 0 Å². The second kappa shape index (κ2) is 4.32. The van der Waals surface area contributed by atoms with E-state index in [2.05, 4.69) is 32.6 Å². The number of methoxy groups -OCH3 is 1. The van der Waals surface area contributed by atoms with E-state index in [1.807, 2.05) is 18.2 Å². The van der Waals surface area contributed by atoms with Crippen LogP contribution in [0.15, 0.2) is 36.9 Å². The van der Waals surface area contributed by atoms with Gasteiger partial charge in [-0.1, -0.05) is 32.1 Å². The first-order valence-corrected chi connectivity index (χ1v) is 4.85. The fraction of sp³-hybridized carbons (Fsp3) is 0.385. The number of allylic oxidation sites excluding steroid dienone is 1. The molecule has 0 aliphatic heterocycles. The zero-order valence-corrected chi connectivity index (χ0v) is 9.21. The Hall–Kier alpha value is -1.24. The third-order valence-electron chi connectivity index (χ3n) is 2.53. The van der Waals surface area contributed by atoms with Gasteiger partial charge in [0, 0.05) is 0 Å². The lowest BCUT2D eigenvalue weighted by Crippen LogP contribution is -2.15. The maximum atomic E-state index is 5.12. The number of ether oxygens (including phenoxy) is 1. The van der Waals surface area contributed by atoms with E-state index in [0.717, 1.165) is 12.2 Å². The zero-order chi connectivity index (χ0) is 10.6. The molecule has 0 heterocycles. The molecule has 0 spiro atoms. The molecule has 0 N–H and O–H groups in total. The van der Waals surface area contributed by atoms with E-state index in [-0.39, 0.29) is 5.41 Å². The van der Waals surface area contributed by atoms with Gasteiger partial charge < -0.3 is 4.74 Å². The third kappa shape index (κ3) is 2.38. The molecule has 1 heteroatoms. The first-order chi connectivity index (χ1) is 6.60. The normalized spacial score (nSPS) is 11.1. The van der Waals surface area contributed by atoms with E-state index in [4.69, 9.17) is 4.74 Å². The Morgan fingerprint density at radius 1 is 1.29 bits per heavy atom. The first-order valence-electron chi connectivity index (χ1n) is 4.85. The summed E-state index contributed by atoms with van der Waals surface area (Å²) in [5, 5.41) is 0. The van der Waals surface area contributed by atoms with Crippen LogP contribution in [0.3, 0.4) is 0 Å². The number of rotatable bonds is 4. The van der Waals surface area contributed by atoms with Crippen molar-refractivity contribution in [3.8, 4) is 5.75 Å². The van der Waals surface area contributed by atoms with Crippen LogP contribution in [-0.4, -0.2) is 7.11 Å². The summed E-state index contributed by atoms with van der Waals surface area (Å²) in [5.41, 5.74) is 1.48. The van der Waals surface area contributed by atoms with Crippen molar-refractivity contribution in [3.05, 3.63) is 42.5 Å². The Morgan fingerprint density at radius 3 is 2.29 bits per heavy atom. The molecule has 1 aromatic carbocycles. The Kier molecular flexibility index (Phi) is 3.34. The van der Waals surface area contributed by atoms with Crippen LogP contribution in [0.4, 0.5) is 0 Å². The summed E-state index contributed by atoms with van der Waals surface area (Å²) in [7, 11) is 1.68. The monoisotopic (exact) mass is 190 g/mol. The molecular formula is C13H18O. The van der Waals surface area contributed by atoms with Gasteiger partial charge in [0.25, 0.3) is 0 Å². The number of hydrogen-bond donors (Lipinski definition) is 0. The smallest absolute Gasteiger partial charge is 0.118 e. The molecule has 1 aromatic rings. The maximum Gasteiger partial charge on any atom is 0.118 e. The average Bonchev–Trinajstić information content (AvgIpc) is 2.18. The van der Waals surface area contributed by atoms with Gasteiger partial charge in [-0.25, -0.2) is 0 Å². The topological polar surface area (TPSA) is 9.23 Å². The van der Waals surface area contributed by atoms with Crippen molar-refractivity contribution in [3.63, 3.8) is 0 Å². The quantitative estimate of drug-likeness (QED) is 0.660. The summed E-state index contributed by atoms with van der Waals surface area (Å²) in [6.45, 7) is 8.22. The lowest BCUT2D eigenvalue weighted by Gasteiger charge is -2.23. The largest absolute Gasteiger partial charge is 0.497 e. The highest BCUT2D eigenvalue weighted by Crippen LogP contribution is 2.28. The predicted molar refractivity (Wildman–Crippen MR) is 60.8 cm³/mol. The van der Waals surface area contributed by atoms with Gasteiger partial charge in [0.2, 0.25) is 0 Å². The molecule has 0 aliphatic carbocycles. The van der Waals surface area contributed by atoms with Gasteiger partial charge in [-0.05, 0) is 29.5 Å². The van der Waals surface area contributed by atoms with E-state index in [1.165, 1.54) is 5.56 Å². The lowest BCUT2D eigenvalue weighted by atomic mass is 9.82. The molecule has 0 bridgehead atoms. The molecule has 0 aliphatic rings. The van der Waals surface area contributed by atoms with Gasteiger partial charge in [-0.3, -0.25) is 0 Å². The molecule has 0 saturated heterocycles. The lowest BCUT2D eigenvalue weighted by molar-refractivity contribution is 0.414. The maximum absolute atomic E-state index is 5.12. The molecule has 0 atom stereocenters. The van der Waals surface area contributed by atoms with Gasteiger partial charge in [0.05, 0.1) is 7.11 Å². The molecule has 0 radical (unpaired) electrons. The second-order valence-corrected chi connectivity index (χ2v) is 4.11. The Balaban J connectivity index is 2.90. The SMILES string of the molecule is C=CCC(C)(C)c1ccc(OC)cc1. The molecule has 1 rings (SSSR count). The summed E-state index contributed by atoms with van der Waals surface area (Å²) >= 11 is 0. The molecule has 0 aromatic heterocycles. The fourth-order valence-electron chi connectivity index (χ4n) is 1.52. The number of benzene rings is 1. The van der Waals surface area contributed by atoms with Crippen molar-refractivity contribution < 1.29 is 4.74 Å². The average molecular weight is 190 g/mol.